The molecule has 0 aliphatic rings. The number of rotatable bonds is 5. The van der Waals surface area contributed by atoms with Gasteiger partial charge in [0.05, 0.1) is 5.69 Å². The van der Waals surface area contributed by atoms with Gasteiger partial charge in [-0.3, -0.25) is 8.89 Å². The topological polar surface area (TPSA) is 74.1 Å². The average Bonchev–Trinajstić information content (AvgIpc) is 2.77. The van der Waals surface area contributed by atoms with Crippen molar-refractivity contribution in [1.29, 1.82) is 0 Å². The molecule has 1 radical (unpaired) electrons. The zero-order chi connectivity index (χ0) is 13.3. The van der Waals surface area contributed by atoms with E-state index in [2.05, 4.69) is 28.7 Å². The standard InChI is InChI=1S/C8H15N4.C2H4O2S.Y/c1-4-11(3)6-8-7-12(5-2)10-9-8;1-2-5(3)4;/h7H,1,4-6H2,2-3H3;2H,1H2,(H,3,4);/q-1;;/p-1. The molecule has 0 spiro atoms. The van der Waals surface area contributed by atoms with Crippen LogP contribution in [0.2, 0.25) is 0 Å². The number of aryl methyl sites for hydroxylation is 1. The molecule has 0 fully saturated rings. The predicted octanol–water partition coefficient (Wildman–Crippen LogP) is 0.570. The molecule has 6 nitrogen and oxygen atoms in total. The molecule has 1 aromatic heterocycles. The van der Waals surface area contributed by atoms with Gasteiger partial charge in [-0.15, -0.1) is 11.6 Å². The molecule has 1 aromatic rings. The van der Waals surface area contributed by atoms with Crippen molar-refractivity contribution < 1.29 is 41.5 Å². The zero-order valence-electron chi connectivity index (χ0n) is 10.8. The first-order valence-corrected chi connectivity index (χ1v) is 6.24. The molecule has 8 heteroatoms. The van der Waals surface area contributed by atoms with E-state index in [1.54, 1.807) is 0 Å². The number of nitrogens with zero attached hydrogens (tertiary/aromatic N) is 4. The van der Waals surface area contributed by atoms with Crippen LogP contribution in [-0.2, 0) is 56.9 Å². The molecule has 1 atom stereocenters. The molecule has 1 unspecified atom stereocenters. The van der Waals surface area contributed by atoms with E-state index < -0.39 is 11.1 Å². The number of aromatic nitrogens is 3. The Hall–Kier alpha value is 0.0539. The fourth-order valence-corrected chi connectivity index (χ4v) is 0.921. The van der Waals surface area contributed by atoms with Crippen molar-refractivity contribution in [3.05, 3.63) is 30.8 Å². The Balaban J connectivity index is 0. The predicted molar refractivity (Wildman–Crippen MR) is 66.5 cm³/mol. The summed E-state index contributed by atoms with van der Waals surface area (Å²) in [5.74, 6) is 0. The van der Waals surface area contributed by atoms with Crippen LogP contribution in [0, 0.1) is 6.92 Å². The minimum absolute atomic E-state index is 0. The van der Waals surface area contributed by atoms with Crippen molar-refractivity contribution >= 4 is 11.1 Å². The largest absolute Gasteiger partial charge is 0.769 e. The van der Waals surface area contributed by atoms with Gasteiger partial charge in [-0.2, -0.15) is 0 Å². The first-order valence-electron chi connectivity index (χ1n) is 5.10. The molecule has 1 heterocycles. The van der Waals surface area contributed by atoms with Crippen molar-refractivity contribution in [3.63, 3.8) is 0 Å². The van der Waals surface area contributed by atoms with Crippen LogP contribution in [0.15, 0.2) is 18.2 Å². The van der Waals surface area contributed by atoms with Gasteiger partial charge in [-0.25, -0.2) is 0 Å². The number of hydrogen-bond acceptors (Lipinski definition) is 5. The SMILES string of the molecule is C=CS(=O)[O-].[CH2-]CN(C)Cc1cn(CC)nn1.[Y]. The summed E-state index contributed by atoms with van der Waals surface area (Å²) in [6.45, 7) is 11.3. The molecular weight excluding hydrogens is 329 g/mol. The van der Waals surface area contributed by atoms with E-state index >= 15 is 0 Å². The van der Waals surface area contributed by atoms with Crippen LogP contribution >= 0.6 is 0 Å². The molecule has 1 rings (SSSR count). The summed E-state index contributed by atoms with van der Waals surface area (Å²) in [6.07, 6.45) is 1.96. The normalized spacial score (nSPS) is 11.2. The summed E-state index contributed by atoms with van der Waals surface area (Å²) in [5.41, 5.74) is 1.00. The van der Waals surface area contributed by atoms with E-state index in [0.29, 0.717) is 0 Å². The first kappa shape index (κ1) is 20.4. The van der Waals surface area contributed by atoms with Gasteiger partial charge in [0.2, 0.25) is 0 Å². The van der Waals surface area contributed by atoms with Gasteiger partial charge in [0.25, 0.3) is 0 Å². The van der Waals surface area contributed by atoms with E-state index in [1.807, 2.05) is 24.9 Å². The fourth-order valence-electron chi connectivity index (χ4n) is 0.921. The first-order chi connectivity index (χ1) is 8.03. The van der Waals surface area contributed by atoms with Gasteiger partial charge in [0.1, 0.15) is 0 Å². The van der Waals surface area contributed by atoms with Crippen molar-refractivity contribution in [2.24, 2.45) is 0 Å². The Labute approximate surface area is 136 Å². The third-order valence-electron chi connectivity index (χ3n) is 1.86. The van der Waals surface area contributed by atoms with Crippen molar-refractivity contribution in [2.75, 3.05) is 13.6 Å². The maximum Gasteiger partial charge on any atom is 0.0966 e. The van der Waals surface area contributed by atoms with Crippen LogP contribution in [0.25, 0.3) is 0 Å². The van der Waals surface area contributed by atoms with Crippen LogP contribution in [-0.4, -0.2) is 42.2 Å². The van der Waals surface area contributed by atoms with Crippen LogP contribution in [0.1, 0.15) is 12.6 Å². The van der Waals surface area contributed by atoms with E-state index in [0.717, 1.165) is 30.7 Å². The molecule has 0 aromatic carbocycles. The third kappa shape index (κ3) is 10.0. The molecule has 0 aliphatic carbocycles. The average molecular weight is 347 g/mol. The van der Waals surface area contributed by atoms with Crippen molar-refractivity contribution in [3.8, 4) is 0 Å². The zero-order valence-corrected chi connectivity index (χ0v) is 14.4. The summed E-state index contributed by atoms with van der Waals surface area (Å²) in [4.78, 5) is 2.09. The summed E-state index contributed by atoms with van der Waals surface area (Å²) in [6, 6.07) is 0. The monoisotopic (exact) mass is 347 g/mol. The van der Waals surface area contributed by atoms with Crippen LogP contribution in [0.3, 0.4) is 0 Å². The van der Waals surface area contributed by atoms with Gasteiger partial charge in [0, 0.05) is 52.0 Å². The summed E-state index contributed by atoms with van der Waals surface area (Å²) >= 11 is -2.06. The molecule has 0 aliphatic heterocycles. The smallest absolute Gasteiger partial charge is 0.0966 e. The summed E-state index contributed by atoms with van der Waals surface area (Å²) in [7, 11) is 2.01. The minimum atomic E-state index is -2.06. The minimum Gasteiger partial charge on any atom is -0.769 e. The van der Waals surface area contributed by atoms with Crippen LogP contribution in [0.4, 0.5) is 0 Å². The Kier molecular flexibility index (Phi) is 13.7. The Morgan fingerprint density at radius 2 is 2.28 bits per heavy atom. The molecule has 101 valence electrons. The maximum atomic E-state index is 9.25. The molecule has 0 amide bonds. The van der Waals surface area contributed by atoms with E-state index in [-0.39, 0.29) is 32.7 Å². The Morgan fingerprint density at radius 3 is 2.61 bits per heavy atom. The van der Waals surface area contributed by atoms with Gasteiger partial charge >= 0.3 is 0 Å². The second kappa shape index (κ2) is 12.1. The van der Waals surface area contributed by atoms with Gasteiger partial charge in [-0.1, -0.05) is 11.8 Å². The second-order valence-corrected chi connectivity index (χ2v) is 4.08. The molecular formula is C10H18N4O2SY-2. The van der Waals surface area contributed by atoms with Gasteiger partial charge in [0.15, 0.2) is 0 Å². The summed E-state index contributed by atoms with van der Waals surface area (Å²) in [5, 5.41) is 8.79. The van der Waals surface area contributed by atoms with Crippen molar-refractivity contribution in [1.82, 2.24) is 19.9 Å². The van der Waals surface area contributed by atoms with E-state index in [9.17, 15) is 8.76 Å². The molecule has 0 bridgehead atoms. The van der Waals surface area contributed by atoms with Crippen LogP contribution in [0.5, 0.6) is 0 Å². The van der Waals surface area contributed by atoms with Crippen molar-refractivity contribution in [2.45, 2.75) is 20.0 Å². The van der Waals surface area contributed by atoms with Crippen LogP contribution < -0.4 is 0 Å². The molecule has 0 saturated carbocycles. The fraction of sp³-hybridized carbons (Fsp3) is 0.500. The Morgan fingerprint density at radius 1 is 1.72 bits per heavy atom. The molecule has 0 N–H and O–H groups in total. The van der Waals surface area contributed by atoms with E-state index in [1.165, 1.54) is 0 Å². The quantitative estimate of drug-likeness (QED) is 0.575. The number of hydrogen-bond donors (Lipinski definition) is 0. The van der Waals surface area contributed by atoms with Gasteiger partial charge < -0.3 is 16.4 Å². The Bertz CT molecular complexity index is 359. The maximum absolute atomic E-state index is 9.25. The molecule has 0 saturated heterocycles. The third-order valence-corrected chi connectivity index (χ3v) is 2.13. The van der Waals surface area contributed by atoms with E-state index in [4.69, 9.17) is 0 Å². The van der Waals surface area contributed by atoms with Gasteiger partial charge in [-0.05, 0) is 30.5 Å². The second-order valence-electron chi connectivity index (χ2n) is 3.23. The summed E-state index contributed by atoms with van der Waals surface area (Å²) < 4.78 is 20.3. The molecule has 18 heavy (non-hydrogen) atoms.